The number of amides is 2. The number of carbonyl (C=O) groups excluding carboxylic acids is 2. The normalized spacial score (nSPS) is 13.1. The Kier molecular flexibility index (Phi) is 18.8. The van der Waals surface area contributed by atoms with Crippen molar-refractivity contribution in [2.24, 2.45) is 0 Å². The summed E-state index contributed by atoms with van der Waals surface area (Å²) in [6, 6.07) is 45.1. The number of unbranched alkanes of at least 4 members (excludes halogenated alkanes) is 4. The molecule has 6 aromatic rings. The van der Waals surface area contributed by atoms with Gasteiger partial charge < -0.3 is 33.9 Å². The van der Waals surface area contributed by atoms with Gasteiger partial charge in [0.05, 0.1) is 31.1 Å². The van der Waals surface area contributed by atoms with E-state index in [0.29, 0.717) is 56.0 Å². The van der Waals surface area contributed by atoms with E-state index in [9.17, 15) is 19.2 Å². The van der Waals surface area contributed by atoms with Gasteiger partial charge in [0.15, 0.2) is 0 Å². The highest BCUT2D eigenvalue weighted by Crippen LogP contribution is 2.36. The van der Waals surface area contributed by atoms with Crippen molar-refractivity contribution in [2.45, 2.75) is 96.7 Å². The Balaban J connectivity index is 0.000000221. The fourth-order valence-electron chi connectivity index (χ4n) is 8.12. The van der Waals surface area contributed by atoms with Gasteiger partial charge in [0.25, 0.3) is 11.8 Å². The lowest BCUT2D eigenvalue weighted by molar-refractivity contribution is -0.138. The summed E-state index contributed by atoms with van der Waals surface area (Å²) in [7, 11) is 0. The average molecular weight is 907 g/mol. The minimum Gasteiger partial charge on any atom is -0.493 e. The zero-order valence-corrected chi connectivity index (χ0v) is 38.6. The Morgan fingerprint density at radius 3 is 1.85 bits per heavy atom. The molecule has 0 spiro atoms. The van der Waals surface area contributed by atoms with Gasteiger partial charge in [-0.05, 0) is 124 Å². The zero-order chi connectivity index (χ0) is 47.4. The number of para-hydroxylation sites is 2. The van der Waals surface area contributed by atoms with Crippen LogP contribution in [0.25, 0.3) is 22.5 Å². The molecule has 7 rings (SSSR count). The van der Waals surface area contributed by atoms with Gasteiger partial charge in [0, 0.05) is 48.7 Å². The van der Waals surface area contributed by atoms with Crippen molar-refractivity contribution in [3.63, 3.8) is 0 Å². The van der Waals surface area contributed by atoms with E-state index in [2.05, 4.69) is 24.3 Å². The topological polar surface area (TPSA) is 147 Å². The third-order valence-corrected chi connectivity index (χ3v) is 11.8. The van der Waals surface area contributed by atoms with Crippen molar-refractivity contribution < 1.29 is 43.3 Å². The molecule has 350 valence electrons. The molecule has 2 N–H and O–H groups in total. The second kappa shape index (κ2) is 25.5. The summed E-state index contributed by atoms with van der Waals surface area (Å²) in [6.45, 7) is 6.18. The van der Waals surface area contributed by atoms with E-state index in [-0.39, 0.29) is 36.7 Å². The number of furan rings is 1. The van der Waals surface area contributed by atoms with Gasteiger partial charge in [0.1, 0.15) is 17.3 Å². The molecule has 11 nitrogen and oxygen atoms in total. The number of ether oxygens (including phenoxy) is 2. The molecule has 5 aromatic carbocycles. The summed E-state index contributed by atoms with van der Waals surface area (Å²) in [5.41, 5.74) is 6.52. The number of hydrogen-bond acceptors (Lipinski definition) is 7. The van der Waals surface area contributed by atoms with Gasteiger partial charge >= 0.3 is 11.9 Å². The molecule has 2 amide bonds. The predicted molar refractivity (Wildman–Crippen MR) is 260 cm³/mol. The van der Waals surface area contributed by atoms with Crippen molar-refractivity contribution in [1.82, 2.24) is 9.80 Å². The molecular weight excluding hydrogens is 845 g/mol. The Morgan fingerprint density at radius 2 is 1.22 bits per heavy atom. The fraction of sp³-hybridized carbons (Fsp3) is 0.321. The molecule has 0 saturated carbocycles. The number of rotatable bonds is 22. The summed E-state index contributed by atoms with van der Waals surface area (Å²) in [5.74, 6) is 0.599. The molecule has 0 aliphatic carbocycles. The first-order valence-electron chi connectivity index (χ1n) is 23.4. The molecule has 67 heavy (non-hydrogen) atoms. The minimum absolute atomic E-state index is 0.0157. The molecule has 1 aromatic heterocycles. The van der Waals surface area contributed by atoms with Crippen LogP contribution in [-0.4, -0.2) is 69.6 Å². The molecule has 1 saturated heterocycles. The van der Waals surface area contributed by atoms with Crippen LogP contribution in [0.4, 0.5) is 0 Å². The SMILES string of the molecule is CC(C)N(Cc1ccccc1OCCCCCC(=O)O)C(=O)c1ccc(-c2ccccc2)cc1.O=C(O)CCCCCOc1ccccc1C(=O)N1CCCC1c1ccc(-c2ccco2)cc1. The number of hydrogen-bond donors (Lipinski definition) is 2. The Labute approximate surface area is 394 Å². The number of carboxylic acids is 2. The first-order chi connectivity index (χ1) is 32.6. The van der Waals surface area contributed by atoms with E-state index >= 15 is 0 Å². The largest absolute Gasteiger partial charge is 0.493 e. The maximum atomic E-state index is 13.5. The lowest BCUT2D eigenvalue weighted by Gasteiger charge is -2.28. The van der Waals surface area contributed by atoms with Crippen LogP contribution >= 0.6 is 0 Å². The maximum absolute atomic E-state index is 13.5. The van der Waals surface area contributed by atoms with Crippen molar-refractivity contribution in [2.75, 3.05) is 19.8 Å². The Bertz CT molecular complexity index is 2470. The lowest BCUT2D eigenvalue weighted by atomic mass is 10.0. The second-order valence-electron chi connectivity index (χ2n) is 16.9. The van der Waals surface area contributed by atoms with Crippen molar-refractivity contribution in [3.05, 3.63) is 168 Å². The summed E-state index contributed by atoms with van der Waals surface area (Å²) in [5, 5.41) is 17.5. The summed E-state index contributed by atoms with van der Waals surface area (Å²) >= 11 is 0. The highest BCUT2D eigenvalue weighted by molar-refractivity contribution is 5.97. The molecule has 2 heterocycles. The molecule has 11 heteroatoms. The van der Waals surface area contributed by atoms with Crippen LogP contribution in [0.1, 0.15) is 116 Å². The minimum atomic E-state index is -0.775. The molecule has 1 unspecified atom stereocenters. The quantitative estimate of drug-likeness (QED) is 0.0635. The van der Waals surface area contributed by atoms with Crippen LogP contribution in [0.15, 0.2) is 150 Å². The highest BCUT2D eigenvalue weighted by Gasteiger charge is 2.32. The van der Waals surface area contributed by atoms with E-state index in [1.54, 1.807) is 6.26 Å². The molecule has 1 fully saturated rings. The van der Waals surface area contributed by atoms with E-state index in [4.69, 9.17) is 24.1 Å². The maximum Gasteiger partial charge on any atom is 0.303 e. The third kappa shape index (κ3) is 14.7. The van der Waals surface area contributed by atoms with E-state index in [1.165, 1.54) is 0 Å². The first-order valence-corrected chi connectivity index (χ1v) is 23.4. The smallest absolute Gasteiger partial charge is 0.303 e. The molecule has 1 aliphatic rings. The van der Waals surface area contributed by atoms with Crippen LogP contribution in [0.2, 0.25) is 0 Å². The standard InChI is InChI=1S/C29H33NO4.C27H29NO5/c1-22(2)30(29(33)25-18-16-24(17-19-25)23-11-5-3-6-12-23)21-26-13-8-9-14-27(26)34-20-10-4-7-15-28(31)32;29-26(30)12-2-1-5-18-33-25-10-4-3-8-22(25)27(31)28-17-6-9-23(28)20-13-15-21(16-14-20)24-11-7-19-32-24/h3,5-6,8-9,11-14,16-19,22H,4,7,10,15,20-21H2,1-2H3,(H,31,32);3-4,7-8,10-11,13-16,19,23H,1-2,5-6,9,12,17-18H2,(H,29,30). The van der Waals surface area contributed by atoms with Gasteiger partial charge in [-0.2, -0.15) is 0 Å². The Morgan fingerprint density at radius 1 is 0.642 bits per heavy atom. The van der Waals surface area contributed by atoms with Gasteiger partial charge in [0.2, 0.25) is 0 Å². The molecular formula is C56H62N2O9. The van der Waals surface area contributed by atoms with Crippen molar-refractivity contribution in [3.8, 4) is 33.9 Å². The average Bonchev–Trinajstić information content (AvgIpc) is 4.08. The molecule has 0 radical (unpaired) electrons. The highest BCUT2D eigenvalue weighted by atomic mass is 16.5. The first kappa shape index (κ1) is 49.3. The monoisotopic (exact) mass is 906 g/mol. The summed E-state index contributed by atoms with van der Waals surface area (Å²) in [4.78, 5) is 51.9. The van der Waals surface area contributed by atoms with Crippen LogP contribution in [-0.2, 0) is 16.1 Å². The van der Waals surface area contributed by atoms with Crippen molar-refractivity contribution in [1.29, 1.82) is 0 Å². The predicted octanol–water partition coefficient (Wildman–Crippen LogP) is 12.4. The van der Waals surface area contributed by atoms with Crippen LogP contribution in [0, 0.1) is 0 Å². The summed E-state index contributed by atoms with van der Waals surface area (Å²) in [6.07, 6.45) is 8.34. The number of nitrogens with zero attached hydrogens (tertiary/aromatic N) is 2. The lowest BCUT2D eigenvalue weighted by Crippen LogP contribution is -2.36. The fourth-order valence-corrected chi connectivity index (χ4v) is 8.12. The van der Waals surface area contributed by atoms with Gasteiger partial charge in [-0.1, -0.05) is 97.1 Å². The van der Waals surface area contributed by atoms with E-state index in [0.717, 1.165) is 77.9 Å². The Hall–Kier alpha value is -7.14. The van der Waals surface area contributed by atoms with Crippen molar-refractivity contribution >= 4 is 23.8 Å². The third-order valence-electron chi connectivity index (χ3n) is 11.8. The van der Waals surface area contributed by atoms with Crippen LogP contribution in [0.5, 0.6) is 11.5 Å². The zero-order valence-electron chi connectivity index (χ0n) is 38.6. The number of carbonyl (C=O) groups is 4. The summed E-state index contributed by atoms with van der Waals surface area (Å²) < 4.78 is 17.4. The number of aliphatic carboxylic acids is 2. The van der Waals surface area contributed by atoms with Crippen LogP contribution < -0.4 is 9.47 Å². The molecule has 0 bridgehead atoms. The van der Waals surface area contributed by atoms with E-state index < -0.39 is 11.9 Å². The number of likely N-dealkylation sites (tertiary alicyclic amines) is 1. The molecule has 1 atom stereocenters. The van der Waals surface area contributed by atoms with Gasteiger partial charge in [-0.3, -0.25) is 19.2 Å². The number of benzene rings is 5. The van der Waals surface area contributed by atoms with Crippen LogP contribution in [0.3, 0.4) is 0 Å². The van der Waals surface area contributed by atoms with Gasteiger partial charge in [-0.15, -0.1) is 0 Å². The molecule has 1 aliphatic heterocycles. The second-order valence-corrected chi connectivity index (χ2v) is 16.9. The number of carboxylic acid groups (broad SMARTS) is 2. The van der Waals surface area contributed by atoms with Gasteiger partial charge in [-0.25, -0.2) is 0 Å². The van der Waals surface area contributed by atoms with E-state index in [1.807, 2.05) is 139 Å².